The third-order valence-electron chi connectivity index (χ3n) is 7.00. The Morgan fingerprint density at radius 3 is 2.42 bits per heavy atom. The van der Waals surface area contributed by atoms with Crippen LogP contribution in [0.1, 0.15) is 59.3 Å². The Morgan fingerprint density at radius 2 is 1.73 bits per heavy atom. The van der Waals surface area contributed by atoms with E-state index in [1.807, 2.05) is 0 Å². The van der Waals surface area contributed by atoms with Crippen LogP contribution < -0.4 is 0 Å². The van der Waals surface area contributed by atoms with Gasteiger partial charge in [-0.3, -0.25) is 0 Å². The lowest BCUT2D eigenvalue weighted by atomic mass is 9.60. The molecule has 0 aromatic carbocycles. The molecule has 1 N–H and O–H groups in total. The summed E-state index contributed by atoms with van der Waals surface area (Å²) in [7, 11) is -3.13. The van der Waals surface area contributed by atoms with Gasteiger partial charge < -0.3 is 14.9 Å². The highest BCUT2D eigenvalue weighted by molar-refractivity contribution is 7.91. The van der Waals surface area contributed by atoms with Crippen LogP contribution >= 0.6 is 0 Å². The van der Waals surface area contributed by atoms with Crippen molar-refractivity contribution >= 4 is 15.5 Å². The molecular weight excluding hydrogens is 350 g/mol. The van der Waals surface area contributed by atoms with Gasteiger partial charge >= 0.3 is 0 Å². The predicted octanol–water partition coefficient (Wildman–Crippen LogP) is 3.67. The van der Waals surface area contributed by atoms with Gasteiger partial charge in [0.15, 0.2) is 16.1 Å². The molecule has 0 amide bonds. The molecule has 1 saturated carbocycles. The summed E-state index contributed by atoms with van der Waals surface area (Å²) >= 11 is 0. The number of hydrogen-bond donors (Lipinski definition) is 1. The molecule has 0 spiro atoms. The van der Waals surface area contributed by atoms with Gasteiger partial charge in [0.25, 0.3) is 0 Å². The maximum atomic E-state index is 11.4. The summed E-state index contributed by atoms with van der Waals surface area (Å²) in [4.78, 5) is 0. The van der Waals surface area contributed by atoms with E-state index in [-0.39, 0.29) is 30.0 Å². The fourth-order valence-electron chi connectivity index (χ4n) is 5.60. The normalized spacial score (nSPS) is 43.4. The van der Waals surface area contributed by atoms with Crippen molar-refractivity contribution in [2.75, 3.05) is 12.0 Å². The van der Waals surface area contributed by atoms with Crippen molar-refractivity contribution in [2.45, 2.75) is 77.8 Å². The van der Waals surface area contributed by atoms with E-state index < -0.39 is 9.84 Å². The van der Waals surface area contributed by atoms with Crippen LogP contribution in [-0.2, 0) is 19.3 Å². The van der Waals surface area contributed by atoms with E-state index in [1.54, 1.807) is 0 Å². The standard InChI is InChI=1S/C20H35NO4S/c1-12-5-8-17-14(3)18(10-7-15(21)11-26(4,22)23)25-20-19(17)16(12)9-6-13(2)24-20/h12-14,16-21H,5-11H2,1-4H3/t12-,13?,14-,16+,17+,18+,19?,20+/m1/s1. The highest BCUT2D eigenvalue weighted by Crippen LogP contribution is 2.52. The summed E-state index contributed by atoms with van der Waals surface area (Å²) in [6.07, 6.45) is 7.42. The van der Waals surface area contributed by atoms with Crippen molar-refractivity contribution in [1.82, 2.24) is 0 Å². The molecule has 0 radical (unpaired) electrons. The molecule has 2 heterocycles. The summed E-state index contributed by atoms with van der Waals surface area (Å²) in [6.45, 7) is 6.82. The Kier molecular flexibility index (Phi) is 6.15. The van der Waals surface area contributed by atoms with Crippen molar-refractivity contribution < 1.29 is 17.9 Å². The summed E-state index contributed by atoms with van der Waals surface area (Å²) in [5, 5.41) is 7.98. The first-order valence-electron chi connectivity index (χ1n) is 10.2. The largest absolute Gasteiger partial charge is 0.349 e. The Bertz CT molecular complexity index is 619. The molecule has 150 valence electrons. The van der Waals surface area contributed by atoms with Gasteiger partial charge in [0.1, 0.15) is 0 Å². The number of nitrogens with one attached hydrogen (secondary N) is 1. The maximum Gasteiger partial charge on any atom is 0.161 e. The Labute approximate surface area is 158 Å². The quantitative estimate of drug-likeness (QED) is 0.733. The third kappa shape index (κ3) is 4.50. The van der Waals surface area contributed by atoms with Gasteiger partial charge in [0.2, 0.25) is 0 Å². The van der Waals surface area contributed by atoms with Crippen LogP contribution in [0.4, 0.5) is 0 Å². The molecule has 0 bridgehead atoms. The lowest BCUT2D eigenvalue weighted by Gasteiger charge is -2.52. The van der Waals surface area contributed by atoms with Crippen molar-refractivity contribution in [3.63, 3.8) is 0 Å². The molecule has 2 saturated heterocycles. The molecule has 26 heavy (non-hydrogen) atoms. The molecule has 2 unspecified atom stereocenters. The number of rotatable bonds is 5. The first-order valence-corrected chi connectivity index (χ1v) is 12.3. The van der Waals surface area contributed by atoms with E-state index in [9.17, 15) is 8.42 Å². The van der Waals surface area contributed by atoms with Gasteiger partial charge in [-0.2, -0.15) is 0 Å². The SMILES string of the molecule is CC1CC[C@@H]2C3[C@@H](O1)O[C@@H](CCC(=N)CS(C)(=O)=O)[C@H](C)[C@@H]3CC[C@H]2C. The van der Waals surface area contributed by atoms with E-state index >= 15 is 0 Å². The van der Waals surface area contributed by atoms with Gasteiger partial charge in [-0.15, -0.1) is 0 Å². The van der Waals surface area contributed by atoms with Crippen LogP contribution in [0.2, 0.25) is 0 Å². The summed E-state index contributed by atoms with van der Waals surface area (Å²) < 4.78 is 35.5. The maximum absolute atomic E-state index is 11.4. The second-order valence-corrected chi connectivity index (χ2v) is 11.2. The topological polar surface area (TPSA) is 76.5 Å². The van der Waals surface area contributed by atoms with E-state index in [4.69, 9.17) is 14.9 Å². The molecule has 3 fully saturated rings. The van der Waals surface area contributed by atoms with Gasteiger partial charge in [-0.25, -0.2) is 8.42 Å². The lowest BCUT2D eigenvalue weighted by Crippen LogP contribution is -2.53. The van der Waals surface area contributed by atoms with Crippen LogP contribution in [0.15, 0.2) is 0 Å². The smallest absolute Gasteiger partial charge is 0.161 e. The van der Waals surface area contributed by atoms with Crippen molar-refractivity contribution in [2.24, 2.45) is 29.6 Å². The van der Waals surface area contributed by atoms with E-state index in [0.29, 0.717) is 36.5 Å². The van der Waals surface area contributed by atoms with Crippen LogP contribution in [0.3, 0.4) is 0 Å². The van der Waals surface area contributed by atoms with E-state index in [0.717, 1.165) is 12.3 Å². The van der Waals surface area contributed by atoms with Crippen molar-refractivity contribution in [3.05, 3.63) is 0 Å². The Morgan fingerprint density at radius 1 is 1.04 bits per heavy atom. The zero-order chi connectivity index (χ0) is 19.1. The highest BCUT2D eigenvalue weighted by atomic mass is 32.2. The summed E-state index contributed by atoms with van der Waals surface area (Å²) in [5.41, 5.74) is 0.288. The van der Waals surface area contributed by atoms with Crippen LogP contribution in [-0.4, -0.2) is 44.6 Å². The van der Waals surface area contributed by atoms with Gasteiger partial charge in [0, 0.05) is 17.9 Å². The molecule has 3 rings (SSSR count). The minimum Gasteiger partial charge on any atom is -0.349 e. The molecular formula is C20H35NO4S. The molecule has 2 aliphatic heterocycles. The second-order valence-electron chi connectivity index (χ2n) is 9.10. The highest BCUT2D eigenvalue weighted by Gasteiger charge is 2.51. The Hall–Kier alpha value is -0.460. The minimum absolute atomic E-state index is 0.0560. The first kappa shape index (κ1) is 20.3. The van der Waals surface area contributed by atoms with Gasteiger partial charge in [0.05, 0.1) is 18.0 Å². The van der Waals surface area contributed by atoms with Crippen LogP contribution in [0.25, 0.3) is 0 Å². The molecule has 1 aliphatic carbocycles. The minimum atomic E-state index is -3.13. The van der Waals surface area contributed by atoms with Crippen molar-refractivity contribution in [3.8, 4) is 0 Å². The van der Waals surface area contributed by atoms with Crippen LogP contribution in [0, 0.1) is 35.0 Å². The molecule has 0 aromatic heterocycles. The van der Waals surface area contributed by atoms with Gasteiger partial charge in [-0.05, 0) is 62.7 Å². The van der Waals surface area contributed by atoms with Gasteiger partial charge in [-0.1, -0.05) is 20.3 Å². The summed E-state index contributed by atoms with van der Waals surface area (Å²) in [5.74, 6) is 2.84. The third-order valence-corrected chi connectivity index (χ3v) is 7.87. The predicted molar refractivity (Wildman–Crippen MR) is 103 cm³/mol. The summed E-state index contributed by atoms with van der Waals surface area (Å²) in [6, 6.07) is 0. The molecule has 0 aromatic rings. The second kappa shape index (κ2) is 7.88. The number of hydrogen-bond acceptors (Lipinski definition) is 5. The number of ether oxygens (including phenoxy) is 2. The van der Waals surface area contributed by atoms with E-state index in [1.165, 1.54) is 25.5 Å². The molecule has 3 aliphatic rings. The fourth-order valence-corrected chi connectivity index (χ4v) is 6.38. The Balaban J connectivity index is 1.70. The monoisotopic (exact) mass is 385 g/mol. The zero-order valence-electron chi connectivity index (χ0n) is 16.6. The zero-order valence-corrected chi connectivity index (χ0v) is 17.4. The number of sulfone groups is 1. The lowest BCUT2D eigenvalue weighted by molar-refractivity contribution is -0.277. The molecule has 8 atom stereocenters. The molecule has 5 nitrogen and oxygen atoms in total. The molecule has 6 heteroatoms. The fraction of sp³-hybridized carbons (Fsp3) is 0.950. The average Bonchev–Trinajstić information content (AvgIpc) is 2.69. The average molecular weight is 386 g/mol. The van der Waals surface area contributed by atoms with E-state index in [2.05, 4.69) is 20.8 Å². The van der Waals surface area contributed by atoms with Crippen molar-refractivity contribution in [1.29, 1.82) is 5.41 Å². The first-order chi connectivity index (χ1) is 12.2. The van der Waals surface area contributed by atoms with Crippen LogP contribution in [0.5, 0.6) is 0 Å².